The third-order valence-electron chi connectivity index (χ3n) is 3.86. The minimum Gasteiger partial charge on any atom is -0.484 e. The van der Waals surface area contributed by atoms with Crippen LogP contribution in [0.1, 0.15) is 16.7 Å². The Labute approximate surface area is 161 Å². The van der Waals surface area contributed by atoms with Gasteiger partial charge < -0.3 is 10.5 Å². The van der Waals surface area contributed by atoms with E-state index in [1.165, 1.54) is 4.90 Å². The third-order valence-corrected chi connectivity index (χ3v) is 4.76. The summed E-state index contributed by atoms with van der Waals surface area (Å²) in [5.41, 5.74) is 7.77. The van der Waals surface area contributed by atoms with Crippen molar-refractivity contribution in [3.8, 4) is 5.75 Å². The Hall–Kier alpha value is -3.06. The van der Waals surface area contributed by atoms with Gasteiger partial charge in [0, 0.05) is 0 Å². The van der Waals surface area contributed by atoms with Crippen LogP contribution >= 0.6 is 11.8 Å². The number of primary amides is 1. The second-order valence-electron chi connectivity index (χ2n) is 6.08. The molecule has 7 heteroatoms. The number of amides is 3. The maximum atomic E-state index is 12.6. The van der Waals surface area contributed by atoms with Crippen molar-refractivity contribution in [1.29, 1.82) is 0 Å². The molecule has 1 heterocycles. The van der Waals surface area contributed by atoms with Gasteiger partial charge in [-0.3, -0.25) is 19.3 Å². The average molecular weight is 382 g/mol. The second kappa shape index (κ2) is 8.09. The largest absolute Gasteiger partial charge is 0.484 e. The van der Waals surface area contributed by atoms with E-state index in [0.29, 0.717) is 10.7 Å². The van der Waals surface area contributed by atoms with Crippen molar-refractivity contribution < 1.29 is 19.1 Å². The fourth-order valence-corrected chi connectivity index (χ4v) is 3.43. The quantitative estimate of drug-likeness (QED) is 0.776. The molecule has 2 aromatic rings. The molecule has 1 aliphatic rings. The summed E-state index contributed by atoms with van der Waals surface area (Å²) in [6.45, 7) is 2.02. The first kappa shape index (κ1) is 18.7. The molecule has 2 aromatic carbocycles. The molecule has 27 heavy (non-hydrogen) atoms. The standard InChI is InChI=1S/C20H18N2O4S/c1-13-3-2-4-15(9-13)11-22-19(24)17(27-20(22)25)10-14-5-7-16(8-6-14)26-12-18(21)23/h2-10H,11-12H2,1H3,(H2,21,23)/b17-10-. The van der Waals surface area contributed by atoms with Crippen molar-refractivity contribution in [3.05, 3.63) is 70.1 Å². The van der Waals surface area contributed by atoms with Gasteiger partial charge in [0.05, 0.1) is 11.4 Å². The number of hydrogen-bond acceptors (Lipinski definition) is 5. The van der Waals surface area contributed by atoms with Crippen LogP contribution in [-0.2, 0) is 16.1 Å². The van der Waals surface area contributed by atoms with Gasteiger partial charge in [-0.15, -0.1) is 0 Å². The maximum Gasteiger partial charge on any atom is 0.293 e. The van der Waals surface area contributed by atoms with Crippen LogP contribution in [0.25, 0.3) is 6.08 Å². The Kier molecular flexibility index (Phi) is 5.61. The van der Waals surface area contributed by atoms with E-state index in [-0.39, 0.29) is 24.3 Å². The number of nitrogens with zero attached hydrogens (tertiary/aromatic N) is 1. The summed E-state index contributed by atoms with van der Waals surface area (Å²) < 4.78 is 5.19. The minimum atomic E-state index is -0.554. The number of rotatable bonds is 6. The predicted octanol–water partition coefficient (Wildman–Crippen LogP) is 3.10. The summed E-state index contributed by atoms with van der Waals surface area (Å²) in [5, 5.41) is -0.283. The topological polar surface area (TPSA) is 89.7 Å². The molecule has 0 atom stereocenters. The van der Waals surface area contributed by atoms with Crippen LogP contribution in [0.15, 0.2) is 53.4 Å². The Morgan fingerprint density at radius 1 is 1.19 bits per heavy atom. The van der Waals surface area contributed by atoms with E-state index in [1.807, 2.05) is 31.2 Å². The van der Waals surface area contributed by atoms with Gasteiger partial charge >= 0.3 is 0 Å². The molecule has 1 aliphatic heterocycles. The van der Waals surface area contributed by atoms with Crippen LogP contribution in [-0.4, -0.2) is 28.6 Å². The molecule has 0 radical (unpaired) electrons. The number of carbonyl (C=O) groups excluding carboxylic acids is 3. The van der Waals surface area contributed by atoms with Gasteiger partial charge in [-0.2, -0.15) is 0 Å². The zero-order valence-corrected chi connectivity index (χ0v) is 15.5. The first-order chi connectivity index (χ1) is 12.9. The summed E-state index contributed by atoms with van der Waals surface area (Å²) in [5.74, 6) is -0.361. The summed E-state index contributed by atoms with van der Waals surface area (Å²) in [6.07, 6.45) is 1.67. The van der Waals surface area contributed by atoms with E-state index in [4.69, 9.17) is 10.5 Å². The van der Waals surface area contributed by atoms with Gasteiger partial charge in [0.2, 0.25) is 0 Å². The normalized spacial score (nSPS) is 15.4. The van der Waals surface area contributed by atoms with Gasteiger partial charge in [0.25, 0.3) is 17.1 Å². The molecule has 1 fully saturated rings. The number of benzene rings is 2. The number of nitrogens with two attached hydrogens (primary N) is 1. The van der Waals surface area contributed by atoms with Crippen LogP contribution in [0.2, 0.25) is 0 Å². The van der Waals surface area contributed by atoms with Crippen molar-refractivity contribution in [2.75, 3.05) is 6.61 Å². The minimum absolute atomic E-state index is 0.197. The smallest absolute Gasteiger partial charge is 0.293 e. The maximum absolute atomic E-state index is 12.6. The molecular formula is C20H18N2O4S. The van der Waals surface area contributed by atoms with E-state index in [2.05, 4.69) is 0 Å². The zero-order chi connectivity index (χ0) is 19.4. The highest BCUT2D eigenvalue weighted by Gasteiger charge is 2.34. The Balaban J connectivity index is 1.71. The monoisotopic (exact) mass is 382 g/mol. The number of imide groups is 1. The first-order valence-corrected chi connectivity index (χ1v) is 9.06. The molecule has 0 aliphatic carbocycles. The van der Waals surface area contributed by atoms with E-state index < -0.39 is 5.91 Å². The highest BCUT2D eigenvalue weighted by molar-refractivity contribution is 8.18. The molecule has 2 N–H and O–H groups in total. The van der Waals surface area contributed by atoms with Crippen LogP contribution < -0.4 is 10.5 Å². The fourth-order valence-electron chi connectivity index (χ4n) is 2.60. The molecule has 3 rings (SSSR count). The lowest BCUT2D eigenvalue weighted by Crippen LogP contribution is -2.27. The van der Waals surface area contributed by atoms with Crippen molar-refractivity contribution >= 4 is 34.9 Å². The Bertz CT molecular complexity index is 922. The van der Waals surface area contributed by atoms with E-state index in [9.17, 15) is 14.4 Å². The third kappa shape index (κ3) is 4.77. The number of ether oxygens (including phenoxy) is 1. The van der Waals surface area contributed by atoms with E-state index >= 15 is 0 Å². The molecule has 6 nitrogen and oxygen atoms in total. The molecule has 138 valence electrons. The number of thioether (sulfide) groups is 1. The average Bonchev–Trinajstić information content (AvgIpc) is 2.89. The number of carbonyl (C=O) groups is 3. The highest BCUT2D eigenvalue weighted by atomic mass is 32.2. The van der Waals surface area contributed by atoms with Crippen molar-refractivity contribution in [1.82, 2.24) is 4.90 Å². The van der Waals surface area contributed by atoms with Gasteiger partial charge in [-0.05, 0) is 48.0 Å². The lowest BCUT2D eigenvalue weighted by atomic mass is 10.1. The van der Waals surface area contributed by atoms with Crippen molar-refractivity contribution in [3.63, 3.8) is 0 Å². The first-order valence-electron chi connectivity index (χ1n) is 8.24. The summed E-state index contributed by atoms with van der Waals surface area (Å²) in [6, 6.07) is 14.5. The lowest BCUT2D eigenvalue weighted by Gasteiger charge is -2.12. The summed E-state index contributed by atoms with van der Waals surface area (Å²) in [4.78, 5) is 37.2. The SMILES string of the molecule is Cc1cccc(CN2C(=O)S/C(=C\c3ccc(OCC(N)=O)cc3)C2=O)c1. The molecular weight excluding hydrogens is 364 g/mol. The molecule has 0 aromatic heterocycles. The van der Waals surface area contributed by atoms with Crippen LogP contribution in [0.4, 0.5) is 4.79 Å². The molecule has 0 bridgehead atoms. The van der Waals surface area contributed by atoms with Crippen LogP contribution in [0.3, 0.4) is 0 Å². The predicted molar refractivity (Wildman–Crippen MR) is 104 cm³/mol. The van der Waals surface area contributed by atoms with Crippen molar-refractivity contribution in [2.45, 2.75) is 13.5 Å². The van der Waals surface area contributed by atoms with Gasteiger partial charge in [-0.1, -0.05) is 42.0 Å². The van der Waals surface area contributed by atoms with Crippen molar-refractivity contribution in [2.24, 2.45) is 5.73 Å². The fraction of sp³-hybridized carbons (Fsp3) is 0.150. The number of aryl methyl sites for hydroxylation is 1. The molecule has 0 unspecified atom stereocenters. The molecule has 1 saturated heterocycles. The van der Waals surface area contributed by atoms with Crippen LogP contribution in [0, 0.1) is 6.92 Å². The molecule has 0 spiro atoms. The van der Waals surface area contributed by atoms with Crippen LogP contribution in [0.5, 0.6) is 5.75 Å². The Morgan fingerprint density at radius 2 is 1.93 bits per heavy atom. The highest BCUT2D eigenvalue weighted by Crippen LogP contribution is 2.33. The Morgan fingerprint density at radius 3 is 2.59 bits per heavy atom. The molecule has 3 amide bonds. The van der Waals surface area contributed by atoms with E-state index in [0.717, 1.165) is 28.5 Å². The second-order valence-corrected chi connectivity index (χ2v) is 7.07. The zero-order valence-electron chi connectivity index (χ0n) is 14.7. The van der Waals surface area contributed by atoms with Gasteiger partial charge in [0.1, 0.15) is 5.75 Å². The lowest BCUT2D eigenvalue weighted by molar-refractivity contribution is -0.123. The number of hydrogen-bond donors (Lipinski definition) is 1. The van der Waals surface area contributed by atoms with Gasteiger partial charge in [-0.25, -0.2) is 0 Å². The summed E-state index contributed by atoms with van der Waals surface area (Å²) in [7, 11) is 0. The van der Waals surface area contributed by atoms with E-state index in [1.54, 1.807) is 30.3 Å². The summed E-state index contributed by atoms with van der Waals surface area (Å²) >= 11 is 0.925. The van der Waals surface area contributed by atoms with Gasteiger partial charge in [0.15, 0.2) is 6.61 Å². The molecule has 0 saturated carbocycles.